The van der Waals surface area contributed by atoms with E-state index in [4.69, 9.17) is 0 Å². The first-order chi connectivity index (χ1) is 7.99. The minimum absolute atomic E-state index is 0.0226. The van der Waals surface area contributed by atoms with Gasteiger partial charge in [0.05, 0.1) is 12.4 Å². The van der Waals surface area contributed by atoms with Crippen molar-refractivity contribution < 1.29 is 4.39 Å². The highest BCUT2D eigenvalue weighted by atomic mass is 79.9. The van der Waals surface area contributed by atoms with Crippen LogP contribution in [0.15, 0.2) is 36.3 Å². The van der Waals surface area contributed by atoms with Gasteiger partial charge in [0, 0.05) is 4.47 Å². The maximum Gasteiger partial charge on any atom is 0.124 e. The van der Waals surface area contributed by atoms with E-state index in [1.165, 1.54) is 12.1 Å². The molecule has 0 radical (unpaired) electrons. The number of rotatable bonds is 2. The van der Waals surface area contributed by atoms with E-state index < -0.39 is 0 Å². The fourth-order valence-corrected chi connectivity index (χ4v) is 6.41. The molecule has 0 spiro atoms. The first-order valence-electron chi connectivity index (χ1n) is 4.53. The monoisotopic (exact) mass is 504 g/mol. The fraction of sp³-hybridized carbons (Fsp3) is 0.0909. The third kappa shape index (κ3) is 3.21. The van der Waals surface area contributed by atoms with Crippen molar-refractivity contribution in [1.29, 1.82) is 0 Å². The largest absolute Gasteiger partial charge is 0.207 e. The molecular formula is C11H5Br4FS. The molecule has 0 fully saturated rings. The Labute approximate surface area is 136 Å². The van der Waals surface area contributed by atoms with Gasteiger partial charge in [0.25, 0.3) is 0 Å². The van der Waals surface area contributed by atoms with Crippen LogP contribution in [-0.4, -0.2) is 0 Å². The van der Waals surface area contributed by atoms with Gasteiger partial charge in [-0.2, -0.15) is 0 Å². The number of benzene rings is 1. The van der Waals surface area contributed by atoms with E-state index in [2.05, 4.69) is 63.7 Å². The first kappa shape index (κ1) is 14.2. The van der Waals surface area contributed by atoms with Gasteiger partial charge in [0.2, 0.25) is 0 Å². The van der Waals surface area contributed by atoms with Gasteiger partial charge in [-0.05, 0) is 61.2 Å². The highest BCUT2D eigenvalue weighted by Gasteiger charge is 2.18. The molecule has 1 heterocycles. The SMILES string of the molecule is Fc1ccc(C(Br)c2cc(Br)sc2Br)c(Br)c1. The lowest BCUT2D eigenvalue weighted by atomic mass is 10.1. The maximum absolute atomic E-state index is 13.0. The van der Waals surface area contributed by atoms with Crippen molar-refractivity contribution in [3.8, 4) is 0 Å². The van der Waals surface area contributed by atoms with Crippen LogP contribution >= 0.6 is 75.1 Å². The molecule has 0 saturated carbocycles. The Balaban J connectivity index is 2.43. The van der Waals surface area contributed by atoms with Gasteiger partial charge in [-0.3, -0.25) is 0 Å². The maximum atomic E-state index is 13.0. The summed E-state index contributed by atoms with van der Waals surface area (Å²) in [5, 5.41) is 0. The van der Waals surface area contributed by atoms with Gasteiger partial charge in [-0.25, -0.2) is 4.39 Å². The van der Waals surface area contributed by atoms with Crippen LogP contribution in [-0.2, 0) is 0 Å². The molecule has 1 atom stereocenters. The zero-order valence-corrected chi connectivity index (χ0v) is 15.3. The summed E-state index contributed by atoms with van der Waals surface area (Å²) in [5.74, 6) is -0.245. The molecule has 2 aromatic rings. The summed E-state index contributed by atoms with van der Waals surface area (Å²) >= 11 is 15.6. The summed E-state index contributed by atoms with van der Waals surface area (Å²) in [6, 6.07) is 6.75. The molecular weight excluding hydrogens is 503 g/mol. The molecule has 0 aliphatic heterocycles. The quantitative estimate of drug-likeness (QED) is 0.399. The molecule has 1 aromatic carbocycles. The fourth-order valence-electron chi connectivity index (χ4n) is 1.40. The van der Waals surface area contributed by atoms with Gasteiger partial charge in [-0.15, -0.1) is 11.3 Å². The molecule has 1 unspecified atom stereocenters. The van der Waals surface area contributed by atoms with E-state index in [1.807, 2.05) is 6.07 Å². The number of halogens is 5. The second-order valence-electron chi connectivity index (χ2n) is 3.31. The van der Waals surface area contributed by atoms with Crippen LogP contribution in [0.5, 0.6) is 0 Å². The van der Waals surface area contributed by atoms with E-state index >= 15 is 0 Å². The van der Waals surface area contributed by atoms with E-state index in [9.17, 15) is 4.39 Å². The summed E-state index contributed by atoms with van der Waals surface area (Å²) < 4.78 is 15.9. The Kier molecular flexibility index (Phi) is 4.86. The summed E-state index contributed by atoms with van der Waals surface area (Å²) in [7, 11) is 0. The normalized spacial score (nSPS) is 12.8. The van der Waals surface area contributed by atoms with Gasteiger partial charge < -0.3 is 0 Å². The van der Waals surface area contributed by atoms with Crippen LogP contribution in [0.1, 0.15) is 16.0 Å². The van der Waals surface area contributed by atoms with Gasteiger partial charge >= 0.3 is 0 Å². The summed E-state index contributed by atoms with van der Waals surface area (Å²) in [6.07, 6.45) is 0. The zero-order valence-electron chi connectivity index (χ0n) is 8.18. The molecule has 2 rings (SSSR count). The number of hydrogen-bond acceptors (Lipinski definition) is 1. The molecule has 0 amide bonds. The van der Waals surface area contributed by atoms with Crippen molar-refractivity contribution in [3.63, 3.8) is 0 Å². The standard InChI is InChI=1S/C11H5Br4FS/c12-8-3-5(16)1-2-6(8)10(14)7-4-9(13)17-11(7)15/h1-4,10H. The third-order valence-electron chi connectivity index (χ3n) is 2.19. The summed E-state index contributed by atoms with van der Waals surface area (Å²) in [4.78, 5) is 0.0226. The van der Waals surface area contributed by atoms with Gasteiger partial charge in [-0.1, -0.05) is 37.9 Å². The van der Waals surface area contributed by atoms with E-state index in [0.29, 0.717) is 0 Å². The van der Waals surface area contributed by atoms with Crippen LogP contribution in [0.25, 0.3) is 0 Å². The molecule has 90 valence electrons. The highest BCUT2D eigenvalue weighted by Crippen LogP contribution is 2.43. The van der Waals surface area contributed by atoms with Crippen LogP contribution in [0.4, 0.5) is 4.39 Å². The molecule has 0 N–H and O–H groups in total. The van der Waals surface area contributed by atoms with Crippen LogP contribution < -0.4 is 0 Å². The zero-order chi connectivity index (χ0) is 12.6. The average Bonchev–Trinajstić information content (AvgIpc) is 2.57. The average molecular weight is 508 g/mol. The minimum Gasteiger partial charge on any atom is -0.207 e. The Morgan fingerprint density at radius 3 is 2.29 bits per heavy atom. The lowest BCUT2D eigenvalue weighted by Crippen LogP contribution is -1.93. The van der Waals surface area contributed by atoms with E-state index in [-0.39, 0.29) is 10.6 Å². The number of hydrogen-bond donors (Lipinski definition) is 0. The van der Waals surface area contributed by atoms with Crippen molar-refractivity contribution in [3.05, 3.63) is 53.3 Å². The second kappa shape index (κ2) is 5.82. The summed E-state index contributed by atoms with van der Waals surface area (Å²) in [5.41, 5.74) is 2.12. The first-order valence-corrected chi connectivity index (χ1v) is 8.64. The van der Waals surface area contributed by atoms with Crippen molar-refractivity contribution in [2.45, 2.75) is 4.83 Å². The Morgan fingerprint density at radius 1 is 1.06 bits per heavy atom. The molecule has 0 saturated heterocycles. The Hall–Kier alpha value is 0.770. The van der Waals surface area contributed by atoms with Crippen LogP contribution in [0.2, 0.25) is 0 Å². The molecule has 0 bridgehead atoms. The summed E-state index contributed by atoms with van der Waals surface area (Å²) in [6.45, 7) is 0. The Morgan fingerprint density at radius 2 is 1.76 bits per heavy atom. The lowest BCUT2D eigenvalue weighted by Gasteiger charge is -2.11. The smallest absolute Gasteiger partial charge is 0.124 e. The van der Waals surface area contributed by atoms with Crippen molar-refractivity contribution >= 4 is 75.1 Å². The molecule has 1 aromatic heterocycles. The minimum atomic E-state index is -0.245. The lowest BCUT2D eigenvalue weighted by molar-refractivity contribution is 0.626. The number of alkyl halides is 1. The second-order valence-corrected chi connectivity index (χ2v) is 8.83. The van der Waals surface area contributed by atoms with Crippen molar-refractivity contribution in [2.75, 3.05) is 0 Å². The molecule has 17 heavy (non-hydrogen) atoms. The van der Waals surface area contributed by atoms with Crippen molar-refractivity contribution in [2.24, 2.45) is 0 Å². The molecule has 0 aliphatic rings. The predicted octanol–water partition coefficient (Wildman–Crippen LogP) is 6.66. The van der Waals surface area contributed by atoms with E-state index in [1.54, 1.807) is 17.4 Å². The van der Waals surface area contributed by atoms with Gasteiger partial charge in [0.15, 0.2) is 0 Å². The highest BCUT2D eigenvalue weighted by molar-refractivity contribution is 9.12. The predicted molar refractivity (Wildman–Crippen MR) is 84.6 cm³/mol. The topological polar surface area (TPSA) is 0 Å². The molecule has 0 nitrogen and oxygen atoms in total. The van der Waals surface area contributed by atoms with Gasteiger partial charge in [0.1, 0.15) is 5.82 Å². The van der Waals surface area contributed by atoms with Crippen LogP contribution in [0, 0.1) is 5.82 Å². The molecule has 6 heteroatoms. The molecule has 0 aliphatic carbocycles. The van der Waals surface area contributed by atoms with Crippen molar-refractivity contribution in [1.82, 2.24) is 0 Å². The van der Waals surface area contributed by atoms with Crippen LogP contribution in [0.3, 0.4) is 0 Å². The number of thiophene rings is 1. The third-order valence-corrected chi connectivity index (χ3v) is 6.25. The Bertz CT molecular complexity index is 552. The van der Waals surface area contributed by atoms with E-state index in [0.717, 1.165) is 23.2 Å².